The van der Waals surface area contributed by atoms with Crippen molar-refractivity contribution in [3.63, 3.8) is 0 Å². The Balaban J connectivity index is 0.000000404. The lowest BCUT2D eigenvalue weighted by Crippen LogP contribution is -2.55. The highest BCUT2D eigenvalue weighted by molar-refractivity contribution is 8.17. The van der Waals surface area contributed by atoms with Crippen LogP contribution in [0.2, 0.25) is 5.02 Å². The number of anilines is 1. The number of aryl methyl sites for hydroxylation is 1. The van der Waals surface area contributed by atoms with Crippen LogP contribution in [0.15, 0.2) is 48.6 Å². The number of aliphatic hydroxyl groups is 1. The van der Waals surface area contributed by atoms with Crippen molar-refractivity contribution in [2.24, 2.45) is 17.8 Å². The first kappa shape index (κ1) is 44.1. The van der Waals surface area contributed by atoms with E-state index in [2.05, 4.69) is 32.0 Å². The van der Waals surface area contributed by atoms with Crippen LogP contribution in [0.25, 0.3) is 0 Å². The fourth-order valence-electron chi connectivity index (χ4n) is 9.80. The third-order valence-electron chi connectivity index (χ3n) is 13.7. The normalized spacial score (nSPS) is 33.5. The topological polar surface area (TPSA) is 120 Å². The lowest BCUT2D eigenvalue weighted by Gasteiger charge is -2.51. The zero-order valence-corrected chi connectivity index (χ0v) is 36.5. The van der Waals surface area contributed by atoms with Crippen LogP contribution in [0.3, 0.4) is 0 Å². The van der Waals surface area contributed by atoms with Gasteiger partial charge in [-0.05, 0) is 123 Å². The number of nitrogens with one attached hydrogen (secondary N) is 2. The number of rotatable bonds is 2. The Morgan fingerprint density at radius 3 is 2.50 bits per heavy atom. The zero-order valence-electron chi connectivity index (χ0n) is 33.3. The molecule has 320 valence electrons. The van der Waals surface area contributed by atoms with Crippen LogP contribution in [0, 0.1) is 17.8 Å². The van der Waals surface area contributed by atoms with E-state index in [4.69, 9.17) is 21.1 Å². The minimum absolute atomic E-state index is 0. The summed E-state index contributed by atoms with van der Waals surface area (Å²) >= 11 is 10.2. The number of hydrogen-bond donors (Lipinski definition) is 3. The number of hydrogen-bond acceptors (Lipinski definition) is 11. The number of nitrogens with zero attached hydrogens (tertiary/aromatic N) is 2. The molecule has 0 unspecified atom stereocenters. The summed E-state index contributed by atoms with van der Waals surface area (Å²) < 4.78 is 41.0. The van der Waals surface area contributed by atoms with E-state index in [9.17, 15) is 18.3 Å². The molecule has 2 bridgehead atoms. The Kier molecular flexibility index (Phi) is 14.1. The predicted octanol–water partition coefficient (Wildman–Crippen LogP) is 6.74. The Morgan fingerprint density at radius 1 is 1.02 bits per heavy atom. The second-order valence-corrected chi connectivity index (χ2v) is 22.5. The van der Waals surface area contributed by atoms with Gasteiger partial charge in [-0.1, -0.05) is 44.2 Å². The number of thioether (sulfide) groups is 2. The number of ether oxygens (including phenoxy) is 2. The van der Waals surface area contributed by atoms with Crippen molar-refractivity contribution in [2.75, 3.05) is 75.5 Å². The van der Waals surface area contributed by atoms with Crippen LogP contribution in [0.1, 0.15) is 81.3 Å². The molecule has 6 atom stereocenters. The summed E-state index contributed by atoms with van der Waals surface area (Å²) in [5.74, 6) is 2.18. The summed E-state index contributed by atoms with van der Waals surface area (Å²) in [4.78, 5) is 18.4. The van der Waals surface area contributed by atoms with Gasteiger partial charge in [-0.2, -0.15) is 0 Å². The maximum absolute atomic E-state index is 13.5. The number of allylic oxidation sites excluding steroid dienone is 1. The summed E-state index contributed by atoms with van der Waals surface area (Å²) in [7, 11) is -3.95. The fraction of sp³-hybridized carbons (Fsp3) is 0.659. The van der Waals surface area contributed by atoms with Crippen LogP contribution in [0.5, 0.6) is 5.75 Å². The quantitative estimate of drug-likeness (QED) is 0.279. The van der Waals surface area contributed by atoms with Gasteiger partial charge in [0.2, 0.25) is 10.0 Å². The lowest BCUT2D eigenvalue weighted by molar-refractivity contribution is -0.0677. The van der Waals surface area contributed by atoms with Gasteiger partial charge in [0.1, 0.15) is 11.4 Å². The van der Waals surface area contributed by atoms with E-state index in [0.29, 0.717) is 31.9 Å². The Labute approximate surface area is 360 Å². The molecule has 9 rings (SSSR count). The second kappa shape index (κ2) is 18.6. The van der Waals surface area contributed by atoms with Gasteiger partial charge in [-0.3, -0.25) is 9.69 Å². The maximum atomic E-state index is 13.5. The standard InChI is InChI=1S/C36H45ClN2O5S3.C7H14N2O.CH4/c1-23-6-3-15-36(41,34-45-16-5-17-46-34)30-11-8-27(30)20-39-21-35(14-4-7-25-18-28(37)10-12-29(25)35)22-44-32-13-9-26(19-31(32)39)33(40)38-47(42,43)24(23)2;1-3-9(4-2-8-1)7-5-10-6-7;/h3,9-10,12-13,15,18-19,23-24,27,30,34,41H,4-8,11,14,16-17,20-22H2,1-2H3,(H,38,40);7-8H,1-6H2;1H4/b15-3+;;/t23-,24+,27-,30+,35-,36+;;/m0../s1. The van der Waals surface area contributed by atoms with Crippen LogP contribution < -0.4 is 19.7 Å². The number of amides is 1. The van der Waals surface area contributed by atoms with Crippen molar-refractivity contribution >= 4 is 56.7 Å². The van der Waals surface area contributed by atoms with E-state index >= 15 is 0 Å². The number of carbonyl (C=O) groups excluding carboxylic acids is 1. The van der Waals surface area contributed by atoms with E-state index in [1.54, 1.807) is 19.1 Å². The third kappa shape index (κ3) is 9.13. The largest absolute Gasteiger partial charge is 0.490 e. The molecule has 1 spiro atoms. The highest BCUT2D eigenvalue weighted by Crippen LogP contribution is 2.53. The van der Waals surface area contributed by atoms with Crippen molar-refractivity contribution in [2.45, 2.75) is 93.1 Å². The van der Waals surface area contributed by atoms with Gasteiger partial charge in [-0.15, -0.1) is 23.5 Å². The number of fused-ring (bicyclic) bond motifs is 4. The number of benzene rings is 2. The molecule has 1 saturated carbocycles. The van der Waals surface area contributed by atoms with Crippen LogP contribution in [-0.2, 0) is 26.6 Å². The van der Waals surface area contributed by atoms with E-state index in [-0.39, 0.29) is 40.7 Å². The minimum Gasteiger partial charge on any atom is -0.490 e. The molecule has 1 amide bonds. The average Bonchev–Trinajstić information content (AvgIpc) is 3.32. The molecule has 5 heterocycles. The Bertz CT molecular complexity index is 1900. The number of carbonyl (C=O) groups is 1. The number of halogens is 1. The monoisotopic (exact) mass is 874 g/mol. The van der Waals surface area contributed by atoms with E-state index < -0.39 is 26.8 Å². The molecule has 58 heavy (non-hydrogen) atoms. The first-order valence-corrected chi connectivity index (χ1v) is 25.0. The highest BCUT2D eigenvalue weighted by atomic mass is 35.5. The van der Waals surface area contributed by atoms with Crippen molar-refractivity contribution in [3.8, 4) is 5.75 Å². The summed E-state index contributed by atoms with van der Waals surface area (Å²) in [5.41, 5.74) is 2.32. The molecule has 5 aliphatic heterocycles. The molecule has 3 N–H and O–H groups in total. The second-order valence-electron chi connectivity index (χ2n) is 17.3. The maximum Gasteiger partial charge on any atom is 0.264 e. The molecule has 3 saturated heterocycles. The van der Waals surface area contributed by atoms with Crippen LogP contribution in [-0.4, -0.2) is 116 Å². The van der Waals surface area contributed by atoms with Gasteiger partial charge in [0.05, 0.1) is 41.4 Å². The van der Waals surface area contributed by atoms with Gasteiger partial charge < -0.3 is 24.8 Å². The molecule has 2 aromatic carbocycles. The molecule has 0 aromatic heterocycles. The van der Waals surface area contributed by atoms with Crippen LogP contribution in [0.4, 0.5) is 5.69 Å². The van der Waals surface area contributed by atoms with Crippen molar-refractivity contribution < 1.29 is 27.8 Å². The summed E-state index contributed by atoms with van der Waals surface area (Å²) in [6, 6.07) is 12.2. The Morgan fingerprint density at radius 2 is 1.79 bits per heavy atom. The summed E-state index contributed by atoms with van der Waals surface area (Å²) in [6.07, 6.45) is 10.5. The molecule has 14 heteroatoms. The summed E-state index contributed by atoms with van der Waals surface area (Å²) in [6.45, 7) is 12.1. The average molecular weight is 876 g/mol. The Hall–Kier alpha value is -1.97. The molecule has 0 radical (unpaired) electrons. The number of sulfonamides is 1. The van der Waals surface area contributed by atoms with Crippen molar-refractivity contribution in [1.29, 1.82) is 0 Å². The van der Waals surface area contributed by atoms with Crippen molar-refractivity contribution in [1.82, 2.24) is 14.9 Å². The molecular weight excluding hydrogens is 812 g/mol. The molecular formula is C44H63ClN4O6S3. The smallest absolute Gasteiger partial charge is 0.264 e. The van der Waals surface area contributed by atoms with Gasteiger partial charge in [0.15, 0.2) is 0 Å². The fourth-order valence-corrected chi connectivity index (χ4v) is 14.5. The van der Waals surface area contributed by atoms with Gasteiger partial charge in [0.25, 0.3) is 5.91 Å². The van der Waals surface area contributed by atoms with E-state index in [0.717, 1.165) is 93.1 Å². The predicted molar refractivity (Wildman–Crippen MR) is 239 cm³/mol. The lowest BCUT2D eigenvalue weighted by atomic mass is 9.64. The van der Waals surface area contributed by atoms with Gasteiger partial charge >= 0.3 is 0 Å². The first-order valence-electron chi connectivity index (χ1n) is 21.0. The van der Waals surface area contributed by atoms with Gasteiger partial charge in [0, 0.05) is 55.3 Å². The molecule has 2 aliphatic carbocycles. The SMILES string of the molecule is C.C1CN(C2COC2)CCN1.C[C@@H]1[C@@H](C)C/C=C/[C@](O)(C2SCCCS2)[C@@H]2CC[C@H]2CN2C[C@@]3(CCCc4cc(Cl)ccc43)COc3ccc(cc32)C(=O)NS1(=O)=O. The van der Waals surface area contributed by atoms with Gasteiger partial charge in [-0.25, -0.2) is 13.1 Å². The zero-order chi connectivity index (χ0) is 39.8. The van der Waals surface area contributed by atoms with E-state index in [1.165, 1.54) is 24.2 Å². The third-order valence-corrected chi connectivity index (χ3v) is 19.1. The van der Waals surface area contributed by atoms with E-state index in [1.807, 2.05) is 54.7 Å². The minimum atomic E-state index is -3.95. The molecule has 2 aromatic rings. The first-order chi connectivity index (χ1) is 27.5. The molecule has 4 fully saturated rings. The molecule has 7 aliphatic rings. The van der Waals surface area contributed by atoms with Crippen molar-refractivity contribution in [3.05, 3.63) is 70.3 Å². The highest BCUT2D eigenvalue weighted by Gasteiger charge is 2.52. The summed E-state index contributed by atoms with van der Waals surface area (Å²) in [5, 5.41) is 15.9. The number of piperazine rings is 1. The molecule has 10 nitrogen and oxygen atoms in total. The van der Waals surface area contributed by atoms with Crippen LogP contribution >= 0.6 is 35.1 Å².